The number of ether oxygens (including phenoxy) is 1. The maximum Gasteiger partial charge on any atom is 0.327 e. The Hall–Kier alpha value is -1.95. The van der Waals surface area contributed by atoms with Gasteiger partial charge < -0.3 is 9.64 Å². The highest BCUT2D eigenvalue weighted by atomic mass is 19.1. The SMILES string of the molecule is COC(=O)[C@@H](N[C@H]1CCCN(C(C)C)C1=O)c1ccc(F)c(C)c1. The predicted octanol–water partition coefficient (Wildman–Crippen LogP) is 2.34. The first-order valence-electron chi connectivity index (χ1n) is 8.25. The molecule has 2 rings (SSSR count). The Morgan fingerprint density at radius 2 is 2.12 bits per heavy atom. The van der Waals surface area contributed by atoms with Gasteiger partial charge in [-0.3, -0.25) is 10.1 Å². The van der Waals surface area contributed by atoms with E-state index in [1.165, 1.54) is 13.2 Å². The first kappa shape index (κ1) is 18.4. The van der Waals surface area contributed by atoms with Gasteiger partial charge in [-0.2, -0.15) is 0 Å². The quantitative estimate of drug-likeness (QED) is 0.839. The number of benzene rings is 1. The molecule has 1 fully saturated rings. The number of likely N-dealkylation sites (tertiary alicyclic amines) is 1. The van der Waals surface area contributed by atoms with Gasteiger partial charge >= 0.3 is 5.97 Å². The Labute approximate surface area is 142 Å². The highest BCUT2D eigenvalue weighted by Gasteiger charge is 2.34. The van der Waals surface area contributed by atoms with Gasteiger partial charge in [-0.1, -0.05) is 12.1 Å². The maximum atomic E-state index is 13.5. The Morgan fingerprint density at radius 1 is 1.42 bits per heavy atom. The number of amides is 1. The van der Waals surface area contributed by atoms with Gasteiger partial charge in [-0.25, -0.2) is 9.18 Å². The van der Waals surface area contributed by atoms with Crippen LogP contribution in [-0.4, -0.2) is 42.5 Å². The third kappa shape index (κ3) is 3.93. The van der Waals surface area contributed by atoms with Crippen LogP contribution in [0.1, 0.15) is 43.9 Å². The van der Waals surface area contributed by atoms with E-state index in [-0.39, 0.29) is 17.8 Å². The van der Waals surface area contributed by atoms with Gasteiger partial charge in [0.05, 0.1) is 13.2 Å². The van der Waals surface area contributed by atoms with Crippen molar-refractivity contribution >= 4 is 11.9 Å². The number of halogens is 1. The number of rotatable bonds is 5. The van der Waals surface area contributed by atoms with E-state index in [1.807, 2.05) is 18.7 Å². The number of nitrogens with zero attached hydrogens (tertiary/aromatic N) is 1. The van der Waals surface area contributed by atoms with Crippen molar-refractivity contribution in [3.8, 4) is 0 Å². The standard InChI is InChI=1S/C18H25FN2O3/c1-11(2)21-9-5-6-15(17(21)22)20-16(18(23)24-4)13-7-8-14(19)12(3)10-13/h7-8,10-11,15-16,20H,5-6,9H2,1-4H3/t15-,16-/m0/s1. The Bertz CT molecular complexity index is 618. The van der Waals surface area contributed by atoms with Crippen molar-refractivity contribution in [1.29, 1.82) is 0 Å². The minimum Gasteiger partial charge on any atom is -0.468 e. The van der Waals surface area contributed by atoms with Crippen molar-refractivity contribution in [2.75, 3.05) is 13.7 Å². The fraction of sp³-hybridized carbons (Fsp3) is 0.556. The van der Waals surface area contributed by atoms with Gasteiger partial charge in [0, 0.05) is 12.6 Å². The molecule has 1 aliphatic heterocycles. The molecule has 1 aromatic carbocycles. The lowest BCUT2D eigenvalue weighted by Crippen LogP contribution is -2.54. The predicted molar refractivity (Wildman–Crippen MR) is 88.9 cm³/mol. The van der Waals surface area contributed by atoms with E-state index in [4.69, 9.17) is 4.74 Å². The number of carbonyl (C=O) groups excluding carboxylic acids is 2. The van der Waals surface area contributed by atoms with Gasteiger partial charge in [0.25, 0.3) is 0 Å². The van der Waals surface area contributed by atoms with Gasteiger partial charge in [0.2, 0.25) is 5.91 Å². The monoisotopic (exact) mass is 336 g/mol. The minimum absolute atomic E-state index is 0.0102. The molecule has 1 aliphatic rings. The van der Waals surface area contributed by atoms with Crippen LogP contribution >= 0.6 is 0 Å². The van der Waals surface area contributed by atoms with Gasteiger partial charge in [0.1, 0.15) is 11.9 Å². The second-order valence-corrected chi connectivity index (χ2v) is 6.45. The third-order valence-electron chi connectivity index (χ3n) is 4.42. The number of hydrogen-bond acceptors (Lipinski definition) is 4. The molecule has 1 amide bonds. The second-order valence-electron chi connectivity index (χ2n) is 6.45. The van der Waals surface area contributed by atoms with Gasteiger partial charge in [-0.15, -0.1) is 0 Å². The van der Waals surface area contributed by atoms with Crippen molar-refractivity contribution in [3.05, 3.63) is 35.1 Å². The van der Waals surface area contributed by atoms with Crippen LogP contribution in [0.4, 0.5) is 4.39 Å². The van der Waals surface area contributed by atoms with E-state index in [0.717, 1.165) is 13.0 Å². The first-order valence-corrected chi connectivity index (χ1v) is 8.25. The van der Waals surface area contributed by atoms with Crippen LogP contribution in [0.25, 0.3) is 0 Å². The summed E-state index contributed by atoms with van der Waals surface area (Å²) in [6, 6.07) is 3.35. The number of nitrogens with one attached hydrogen (secondary N) is 1. The summed E-state index contributed by atoms with van der Waals surface area (Å²) in [5.74, 6) is -0.832. The molecule has 0 aromatic heterocycles. The zero-order valence-corrected chi connectivity index (χ0v) is 14.6. The molecule has 1 N–H and O–H groups in total. The van der Waals surface area contributed by atoms with Crippen LogP contribution in [0.2, 0.25) is 0 Å². The molecule has 0 aliphatic carbocycles. The van der Waals surface area contributed by atoms with E-state index in [9.17, 15) is 14.0 Å². The van der Waals surface area contributed by atoms with Crippen molar-refractivity contribution in [2.45, 2.75) is 51.7 Å². The van der Waals surface area contributed by atoms with Crippen LogP contribution in [-0.2, 0) is 14.3 Å². The number of hydrogen-bond donors (Lipinski definition) is 1. The molecule has 0 unspecified atom stereocenters. The molecule has 1 saturated heterocycles. The molecule has 2 atom stereocenters. The third-order valence-corrected chi connectivity index (χ3v) is 4.42. The smallest absolute Gasteiger partial charge is 0.327 e. The number of aryl methyl sites for hydroxylation is 1. The van der Waals surface area contributed by atoms with Gasteiger partial charge in [0.15, 0.2) is 0 Å². The van der Waals surface area contributed by atoms with E-state index < -0.39 is 18.1 Å². The molecule has 0 bridgehead atoms. The largest absolute Gasteiger partial charge is 0.468 e. The van der Waals surface area contributed by atoms with Crippen molar-refractivity contribution in [3.63, 3.8) is 0 Å². The summed E-state index contributed by atoms with van der Waals surface area (Å²) in [5, 5.41) is 3.12. The van der Waals surface area contributed by atoms with Crippen LogP contribution < -0.4 is 5.32 Å². The summed E-state index contributed by atoms with van der Waals surface area (Å²) in [6.45, 7) is 6.31. The maximum absolute atomic E-state index is 13.5. The van der Waals surface area contributed by atoms with E-state index in [2.05, 4.69) is 5.32 Å². The van der Waals surface area contributed by atoms with Crippen molar-refractivity contribution < 1.29 is 18.7 Å². The highest BCUT2D eigenvalue weighted by molar-refractivity contribution is 5.84. The van der Waals surface area contributed by atoms with Crippen LogP contribution in [0.15, 0.2) is 18.2 Å². The highest BCUT2D eigenvalue weighted by Crippen LogP contribution is 2.22. The zero-order valence-electron chi connectivity index (χ0n) is 14.6. The molecule has 0 radical (unpaired) electrons. The molecule has 0 spiro atoms. The lowest BCUT2D eigenvalue weighted by Gasteiger charge is -2.36. The normalized spacial score (nSPS) is 19.5. The fourth-order valence-corrected chi connectivity index (χ4v) is 3.03. The van der Waals surface area contributed by atoms with Crippen LogP contribution in [0.3, 0.4) is 0 Å². The molecule has 5 nitrogen and oxygen atoms in total. The average Bonchev–Trinajstić information content (AvgIpc) is 2.55. The lowest BCUT2D eigenvalue weighted by atomic mass is 9.99. The summed E-state index contributed by atoms with van der Waals surface area (Å²) in [5.41, 5.74) is 1.04. The Balaban J connectivity index is 2.24. The Kier molecular flexibility index (Phi) is 5.94. The first-order chi connectivity index (χ1) is 11.3. The zero-order chi connectivity index (χ0) is 17.9. The van der Waals surface area contributed by atoms with Crippen molar-refractivity contribution in [2.24, 2.45) is 0 Å². The van der Waals surface area contributed by atoms with E-state index >= 15 is 0 Å². The molecule has 1 heterocycles. The van der Waals surface area contributed by atoms with Gasteiger partial charge in [-0.05, 0) is 50.8 Å². The molecule has 0 saturated carbocycles. The fourth-order valence-electron chi connectivity index (χ4n) is 3.03. The average molecular weight is 336 g/mol. The van der Waals surface area contributed by atoms with E-state index in [0.29, 0.717) is 17.5 Å². The summed E-state index contributed by atoms with van der Waals surface area (Å²) < 4.78 is 18.4. The number of carbonyl (C=O) groups is 2. The summed E-state index contributed by atoms with van der Waals surface area (Å²) >= 11 is 0. The number of methoxy groups -OCH3 is 1. The molecule has 132 valence electrons. The van der Waals surface area contributed by atoms with Crippen LogP contribution in [0, 0.1) is 12.7 Å². The molecule has 6 heteroatoms. The number of piperidine rings is 1. The van der Waals surface area contributed by atoms with Crippen LogP contribution in [0.5, 0.6) is 0 Å². The van der Waals surface area contributed by atoms with Crippen molar-refractivity contribution in [1.82, 2.24) is 10.2 Å². The molecular weight excluding hydrogens is 311 g/mol. The summed E-state index contributed by atoms with van der Waals surface area (Å²) in [4.78, 5) is 26.6. The Morgan fingerprint density at radius 3 is 2.71 bits per heavy atom. The molecule has 1 aromatic rings. The summed E-state index contributed by atoms with van der Waals surface area (Å²) in [7, 11) is 1.30. The molecular formula is C18H25FN2O3. The summed E-state index contributed by atoms with van der Waals surface area (Å²) in [6.07, 6.45) is 1.54. The topological polar surface area (TPSA) is 58.6 Å². The minimum atomic E-state index is -0.796. The number of esters is 1. The van der Waals surface area contributed by atoms with E-state index in [1.54, 1.807) is 19.1 Å². The second kappa shape index (κ2) is 7.75. The lowest BCUT2D eigenvalue weighted by molar-refractivity contribution is -0.145. The molecule has 24 heavy (non-hydrogen) atoms.